The molecule has 1 saturated heterocycles. The first-order valence-electron chi connectivity index (χ1n) is 5.39. The molecular formula is C11H16Cl2N2OS. The van der Waals surface area contributed by atoms with E-state index in [2.05, 4.69) is 0 Å². The molecule has 6 heteroatoms. The lowest BCUT2D eigenvalue weighted by atomic mass is 10.2. The Balaban J connectivity index is 0.00000144. The van der Waals surface area contributed by atoms with Crippen molar-refractivity contribution in [3.8, 4) is 0 Å². The van der Waals surface area contributed by atoms with Crippen molar-refractivity contribution in [2.75, 3.05) is 13.1 Å². The van der Waals surface area contributed by atoms with Crippen LogP contribution < -0.4 is 5.73 Å². The molecule has 1 aliphatic heterocycles. The summed E-state index contributed by atoms with van der Waals surface area (Å²) < 4.78 is 0. The van der Waals surface area contributed by atoms with Gasteiger partial charge in [-0.05, 0) is 30.7 Å². The van der Waals surface area contributed by atoms with E-state index >= 15 is 0 Å². The standard InChI is InChI=1S/C11H15ClN2OS.ClH/c1-7-6-16-10(9(7)12)11(15)14-4-2-3-8(14)5-13;/h6,8H,2-5,13H2,1H3;1H. The molecular weight excluding hydrogens is 279 g/mol. The highest BCUT2D eigenvalue weighted by Crippen LogP contribution is 2.30. The van der Waals surface area contributed by atoms with Gasteiger partial charge in [0.05, 0.1) is 5.02 Å². The number of nitrogens with zero attached hydrogens (tertiary/aromatic N) is 1. The van der Waals surface area contributed by atoms with Gasteiger partial charge in [0.1, 0.15) is 4.88 Å². The fourth-order valence-electron chi connectivity index (χ4n) is 2.05. The summed E-state index contributed by atoms with van der Waals surface area (Å²) in [7, 11) is 0. The van der Waals surface area contributed by atoms with Crippen LogP contribution in [0.4, 0.5) is 0 Å². The summed E-state index contributed by atoms with van der Waals surface area (Å²) in [5.41, 5.74) is 6.63. The van der Waals surface area contributed by atoms with E-state index in [1.54, 1.807) is 0 Å². The highest BCUT2D eigenvalue weighted by molar-refractivity contribution is 7.13. The minimum absolute atomic E-state index is 0. The summed E-state index contributed by atoms with van der Waals surface area (Å²) in [5, 5.41) is 2.51. The average Bonchev–Trinajstić information content (AvgIpc) is 2.86. The van der Waals surface area contributed by atoms with E-state index in [1.165, 1.54) is 11.3 Å². The van der Waals surface area contributed by atoms with E-state index < -0.39 is 0 Å². The normalized spacial score (nSPS) is 19.2. The number of aryl methyl sites for hydroxylation is 1. The summed E-state index contributed by atoms with van der Waals surface area (Å²) in [6.45, 7) is 3.25. The number of nitrogens with two attached hydrogens (primary N) is 1. The van der Waals surface area contributed by atoms with Gasteiger partial charge in [0.2, 0.25) is 0 Å². The SMILES string of the molecule is Cc1csc(C(=O)N2CCCC2CN)c1Cl.Cl. The number of hydrogen-bond acceptors (Lipinski definition) is 3. The molecule has 2 heterocycles. The van der Waals surface area contributed by atoms with Crippen molar-refractivity contribution in [1.29, 1.82) is 0 Å². The third kappa shape index (κ3) is 2.76. The molecule has 0 bridgehead atoms. The second-order valence-corrected chi connectivity index (χ2v) is 5.35. The monoisotopic (exact) mass is 294 g/mol. The van der Waals surface area contributed by atoms with Crippen molar-refractivity contribution in [3.63, 3.8) is 0 Å². The molecule has 1 aromatic heterocycles. The molecule has 3 nitrogen and oxygen atoms in total. The Morgan fingerprint density at radius 3 is 2.94 bits per heavy atom. The Hall–Kier alpha value is -0.290. The van der Waals surface area contributed by atoms with Crippen LogP contribution in [0.2, 0.25) is 5.02 Å². The zero-order valence-corrected chi connectivity index (χ0v) is 12.0. The van der Waals surface area contributed by atoms with Crippen molar-refractivity contribution in [3.05, 3.63) is 20.8 Å². The van der Waals surface area contributed by atoms with Gasteiger partial charge in [0.15, 0.2) is 0 Å². The molecule has 1 atom stereocenters. The molecule has 1 unspecified atom stereocenters. The number of carbonyl (C=O) groups is 1. The molecule has 1 aliphatic rings. The second-order valence-electron chi connectivity index (χ2n) is 4.09. The van der Waals surface area contributed by atoms with Crippen molar-refractivity contribution in [2.24, 2.45) is 5.73 Å². The zero-order valence-electron chi connectivity index (χ0n) is 9.61. The molecule has 2 rings (SSSR count). The number of amides is 1. The predicted molar refractivity (Wildman–Crippen MR) is 74.4 cm³/mol. The van der Waals surface area contributed by atoms with Crippen LogP contribution in [-0.4, -0.2) is 29.9 Å². The van der Waals surface area contributed by atoms with Gasteiger partial charge in [-0.15, -0.1) is 23.7 Å². The smallest absolute Gasteiger partial charge is 0.265 e. The summed E-state index contributed by atoms with van der Waals surface area (Å²) in [5.74, 6) is 0.0380. The minimum atomic E-state index is 0. The van der Waals surface area contributed by atoms with Gasteiger partial charge in [0, 0.05) is 19.1 Å². The summed E-state index contributed by atoms with van der Waals surface area (Å²) in [6, 6.07) is 0.186. The van der Waals surface area contributed by atoms with Crippen LogP contribution in [0.25, 0.3) is 0 Å². The Morgan fingerprint density at radius 2 is 2.41 bits per heavy atom. The van der Waals surface area contributed by atoms with Crippen molar-refractivity contribution in [1.82, 2.24) is 4.90 Å². The zero-order chi connectivity index (χ0) is 11.7. The summed E-state index contributed by atoms with van der Waals surface area (Å²) >= 11 is 7.52. The molecule has 0 aromatic carbocycles. The Bertz CT molecular complexity index is 408. The largest absolute Gasteiger partial charge is 0.334 e. The van der Waals surface area contributed by atoms with Crippen LogP contribution >= 0.6 is 35.3 Å². The van der Waals surface area contributed by atoms with Gasteiger partial charge >= 0.3 is 0 Å². The van der Waals surface area contributed by atoms with Crippen LogP contribution in [0.1, 0.15) is 28.1 Å². The van der Waals surface area contributed by atoms with Crippen molar-refractivity contribution in [2.45, 2.75) is 25.8 Å². The van der Waals surface area contributed by atoms with Crippen LogP contribution in [0.15, 0.2) is 5.38 Å². The van der Waals surface area contributed by atoms with Gasteiger partial charge in [0.25, 0.3) is 5.91 Å². The number of carbonyl (C=O) groups excluding carboxylic acids is 1. The number of likely N-dealkylation sites (tertiary alicyclic amines) is 1. The first-order valence-corrected chi connectivity index (χ1v) is 6.65. The number of halogens is 2. The highest BCUT2D eigenvalue weighted by atomic mass is 35.5. The highest BCUT2D eigenvalue weighted by Gasteiger charge is 2.30. The van der Waals surface area contributed by atoms with E-state index in [0.29, 0.717) is 16.4 Å². The molecule has 1 fully saturated rings. The van der Waals surface area contributed by atoms with Crippen LogP contribution in [0.5, 0.6) is 0 Å². The average molecular weight is 295 g/mol. The predicted octanol–water partition coefficient (Wildman–Crippen LogP) is 2.70. The van der Waals surface area contributed by atoms with Crippen molar-refractivity contribution < 1.29 is 4.79 Å². The van der Waals surface area contributed by atoms with E-state index in [-0.39, 0.29) is 24.4 Å². The Labute approximate surface area is 116 Å². The Morgan fingerprint density at radius 1 is 1.71 bits per heavy atom. The Kier molecular flexibility index (Phi) is 5.25. The molecule has 0 radical (unpaired) electrons. The molecule has 96 valence electrons. The molecule has 1 aromatic rings. The summed E-state index contributed by atoms with van der Waals surface area (Å²) in [4.78, 5) is 14.8. The van der Waals surface area contributed by atoms with Gasteiger partial charge < -0.3 is 10.6 Å². The van der Waals surface area contributed by atoms with E-state index in [4.69, 9.17) is 17.3 Å². The quantitative estimate of drug-likeness (QED) is 0.912. The molecule has 0 spiro atoms. The third-order valence-corrected chi connectivity index (χ3v) is 4.69. The lowest BCUT2D eigenvalue weighted by Crippen LogP contribution is -2.39. The van der Waals surface area contributed by atoms with Gasteiger partial charge in [-0.1, -0.05) is 11.6 Å². The lowest BCUT2D eigenvalue weighted by molar-refractivity contribution is 0.0746. The van der Waals surface area contributed by atoms with Crippen molar-refractivity contribution >= 4 is 41.3 Å². The summed E-state index contributed by atoms with van der Waals surface area (Å²) in [6.07, 6.45) is 2.04. The van der Waals surface area contributed by atoms with E-state index in [9.17, 15) is 4.79 Å². The topological polar surface area (TPSA) is 46.3 Å². The second kappa shape index (κ2) is 6.05. The molecule has 2 N–H and O–H groups in total. The number of rotatable bonds is 2. The fourth-order valence-corrected chi connectivity index (χ4v) is 3.28. The van der Waals surface area contributed by atoms with E-state index in [1.807, 2.05) is 17.2 Å². The maximum atomic E-state index is 12.2. The maximum Gasteiger partial charge on any atom is 0.265 e. The van der Waals surface area contributed by atoms with Gasteiger partial charge in [-0.3, -0.25) is 4.79 Å². The van der Waals surface area contributed by atoms with Crippen LogP contribution in [0, 0.1) is 6.92 Å². The van der Waals surface area contributed by atoms with Crippen LogP contribution in [0.3, 0.4) is 0 Å². The molecule has 17 heavy (non-hydrogen) atoms. The lowest BCUT2D eigenvalue weighted by Gasteiger charge is -2.22. The molecule has 0 saturated carbocycles. The van der Waals surface area contributed by atoms with Gasteiger partial charge in [-0.25, -0.2) is 0 Å². The molecule has 1 amide bonds. The number of thiophene rings is 1. The maximum absolute atomic E-state index is 12.2. The first kappa shape index (κ1) is 14.8. The fraction of sp³-hybridized carbons (Fsp3) is 0.545. The van der Waals surface area contributed by atoms with E-state index in [0.717, 1.165) is 24.9 Å². The van der Waals surface area contributed by atoms with Crippen LogP contribution in [-0.2, 0) is 0 Å². The molecule has 0 aliphatic carbocycles. The first-order chi connectivity index (χ1) is 7.65. The number of hydrogen-bond donors (Lipinski definition) is 1. The third-order valence-electron chi connectivity index (χ3n) is 3.00. The minimum Gasteiger partial charge on any atom is -0.334 e. The van der Waals surface area contributed by atoms with Gasteiger partial charge in [-0.2, -0.15) is 0 Å².